The molecule has 0 saturated carbocycles. The topological polar surface area (TPSA) is 20.3 Å². The zero-order valence-electron chi connectivity index (χ0n) is 12.7. The first-order valence-electron chi connectivity index (χ1n) is 7.19. The van der Waals surface area contributed by atoms with Gasteiger partial charge in [-0.2, -0.15) is 0 Å². The summed E-state index contributed by atoms with van der Waals surface area (Å²) in [6.45, 7) is 1.66. The Bertz CT molecular complexity index is 781. The molecule has 0 unspecified atom stereocenters. The molecule has 0 aromatic heterocycles. The molecule has 0 heterocycles. The molecule has 0 saturated heterocycles. The average molecular weight is 277 g/mol. The van der Waals surface area contributed by atoms with Gasteiger partial charge in [0.2, 0.25) is 0 Å². The molecule has 3 rings (SSSR count). The number of ketones is 1. The molecule has 0 spiro atoms. The lowest BCUT2D eigenvalue weighted by molar-refractivity contribution is 0.101. The molecule has 0 N–H and O–H groups in total. The van der Waals surface area contributed by atoms with Crippen LogP contribution in [0.15, 0.2) is 54.2 Å². The van der Waals surface area contributed by atoms with Crippen LogP contribution < -0.4 is 0 Å². The van der Waals surface area contributed by atoms with E-state index in [1.54, 1.807) is 6.92 Å². The first-order chi connectivity index (χ1) is 10.1. The third kappa shape index (κ3) is 2.27. The predicted molar refractivity (Wildman–Crippen MR) is 88.3 cm³/mol. The zero-order valence-corrected chi connectivity index (χ0v) is 12.7. The van der Waals surface area contributed by atoms with Crippen molar-refractivity contribution in [3.8, 4) is 0 Å². The summed E-state index contributed by atoms with van der Waals surface area (Å²) < 4.78 is 0. The second-order valence-electron chi connectivity index (χ2n) is 5.63. The van der Waals surface area contributed by atoms with Crippen molar-refractivity contribution in [1.29, 1.82) is 0 Å². The van der Waals surface area contributed by atoms with E-state index in [1.807, 2.05) is 32.3 Å². The summed E-state index contributed by atoms with van der Waals surface area (Å²) in [5.41, 5.74) is 4.32. The number of hydrogen-bond acceptors (Lipinski definition) is 2. The number of allylic oxidation sites excluding steroid dienone is 3. The van der Waals surface area contributed by atoms with E-state index in [1.165, 1.54) is 11.3 Å². The minimum Gasteiger partial charge on any atom is -0.377 e. The maximum absolute atomic E-state index is 12.3. The van der Waals surface area contributed by atoms with E-state index in [2.05, 4.69) is 35.3 Å². The number of likely N-dealkylation sites (N-methyl/N-ethyl adjacent to an activating group) is 1. The highest BCUT2D eigenvalue weighted by Crippen LogP contribution is 2.35. The fraction of sp³-hybridized carbons (Fsp3) is 0.211. The molecular formula is C19H19NO. The Balaban J connectivity index is 2.31. The van der Waals surface area contributed by atoms with Gasteiger partial charge in [0, 0.05) is 25.4 Å². The summed E-state index contributed by atoms with van der Waals surface area (Å²) in [4.78, 5) is 14.4. The molecular weight excluding hydrogens is 258 g/mol. The minimum absolute atomic E-state index is 0.124. The first-order valence-corrected chi connectivity index (χ1v) is 7.19. The zero-order chi connectivity index (χ0) is 15.0. The lowest BCUT2D eigenvalue weighted by Gasteiger charge is -2.18. The number of hydrogen-bond donors (Lipinski definition) is 0. The van der Waals surface area contributed by atoms with E-state index in [0.717, 1.165) is 28.3 Å². The van der Waals surface area contributed by atoms with Crippen molar-refractivity contribution in [3.63, 3.8) is 0 Å². The Morgan fingerprint density at radius 1 is 1.10 bits per heavy atom. The molecule has 2 nitrogen and oxygen atoms in total. The van der Waals surface area contributed by atoms with E-state index >= 15 is 0 Å². The molecule has 1 aliphatic carbocycles. The molecule has 2 aromatic carbocycles. The van der Waals surface area contributed by atoms with Crippen LogP contribution in [0.5, 0.6) is 0 Å². The molecule has 0 aliphatic heterocycles. The minimum atomic E-state index is 0.124. The lowest BCUT2D eigenvalue weighted by Crippen LogP contribution is -2.11. The maximum Gasteiger partial charge on any atom is 0.161 e. The molecule has 1 aliphatic rings. The number of fused-ring (bicyclic) bond motifs is 1. The quantitative estimate of drug-likeness (QED) is 0.781. The normalized spacial score (nSPS) is 14.0. The van der Waals surface area contributed by atoms with Crippen molar-refractivity contribution >= 4 is 22.1 Å². The Labute approximate surface area is 125 Å². The van der Waals surface area contributed by atoms with E-state index in [4.69, 9.17) is 0 Å². The van der Waals surface area contributed by atoms with Crippen molar-refractivity contribution < 1.29 is 4.79 Å². The highest BCUT2D eigenvalue weighted by atomic mass is 16.1. The van der Waals surface area contributed by atoms with Crippen LogP contribution in [-0.2, 0) is 0 Å². The summed E-state index contributed by atoms with van der Waals surface area (Å²) in [5, 5.41) is 2.16. The molecule has 0 radical (unpaired) electrons. The fourth-order valence-electron chi connectivity index (χ4n) is 3.06. The standard InChI is InChI=1S/C19H19NO/c1-13(21)19-15-8-5-4-7-14(15)11-12-17(19)16-9-6-10-18(16)20(2)3/h4-8,10-12H,9H2,1-3H3. The molecule has 0 atom stereocenters. The number of Topliss-reactive ketones (excluding diaryl/α,β-unsaturated/α-hetero) is 1. The number of benzene rings is 2. The van der Waals surface area contributed by atoms with Crippen LogP contribution >= 0.6 is 0 Å². The Morgan fingerprint density at radius 2 is 1.86 bits per heavy atom. The first kappa shape index (κ1) is 13.6. The van der Waals surface area contributed by atoms with Crippen molar-refractivity contribution in [1.82, 2.24) is 4.90 Å². The van der Waals surface area contributed by atoms with Gasteiger partial charge in [-0.15, -0.1) is 0 Å². The smallest absolute Gasteiger partial charge is 0.161 e. The van der Waals surface area contributed by atoms with Gasteiger partial charge in [0.1, 0.15) is 0 Å². The second-order valence-corrected chi connectivity index (χ2v) is 5.63. The van der Waals surface area contributed by atoms with E-state index in [0.29, 0.717) is 0 Å². The fourth-order valence-corrected chi connectivity index (χ4v) is 3.06. The summed E-state index contributed by atoms with van der Waals surface area (Å²) in [6.07, 6.45) is 5.17. The largest absolute Gasteiger partial charge is 0.377 e. The van der Waals surface area contributed by atoms with Gasteiger partial charge in [-0.25, -0.2) is 0 Å². The van der Waals surface area contributed by atoms with E-state index in [9.17, 15) is 4.79 Å². The molecule has 0 fully saturated rings. The van der Waals surface area contributed by atoms with E-state index < -0.39 is 0 Å². The maximum atomic E-state index is 12.3. The molecule has 2 aromatic rings. The van der Waals surface area contributed by atoms with Gasteiger partial charge < -0.3 is 4.90 Å². The summed E-state index contributed by atoms with van der Waals surface area (Å²) in [6, 6.07) is 12.3. The van der Waals surface area contributed by atoms with Crippen LogP contribution in [0.1, 0.15) is 29.3 Å². The summed E-state index contributed by atoms with van der Waals surface area (Å²) in [7, 11) is 4.08. The van der Waals surface area contributed by atoms with Gasteiger partial charge in [-0.3, -0.25) is 4.79 Å². The Morgan fingerprint density at radius 3 is 2.57 bits per heavy atom. The van der Waals surface area contributed by atoms with Crippen LogP contribution in [0.4, 0.5) is 0 Å². The van der Waals surface area contributed by atoms with Crippen molar-refractivity contribution in [2.45, 2.75) is 13.3 Å². The molecule has 21 heavy (non-hydrogen) atoms. The van der Waals surface area contributed by atoms with Gasteiger partial charge in [0.05, 0.1) is 0 Å². The van der Waals surface area contributed by atoms with Gasteiger partial charge in [0.25, 0.3) is 0 Å². The Kier molecular flexibility index (Phi) is 3.38. The summed E-state index contributed by atoms with van der Waals surface area (Å²) in [5.74, 6) is 0.124. The third-order valence-corrected chi connectivity index (χ3v) is 3.99. The van der Waals surface area contributed by atoms with Crippen molar-refractivity contribution in [2.75, 3.05) is 14.1 Å². The van der Waals surface area contributed by atoms with Gasteiger partial charge in [-0.1, -0.05) is 42.5 Å². The van der Waals surface area contributed by atoms with Gasteiger partial charge in [-0.05, 0) is 41.3 Å². The van der Waals surface area contributed by atoms with Crippen molar-refractivity contribution in [2.24, 2.45) is 0 Å². The van der Waals surface area contributed by atoms with Gasteiger partial charge in [0.15, 0.2) is 5.78 Å². The monoisotopic (exact) mass is 277 g/mol. The molecule has 0 bridgehead atoms. The van der Waals surface area contributed by atoms with Gasteiger partial charge >= 0.3 is 0 Å². The SMILES string of the molecule is CC(=O)c1c(C2=C(N(C)C)C=CC2)ccc2ccccc12. The van der Waals surface area contributed by atoms with Crippen LogP contribution in [0.25, 0.3) is 16.3 Å². The average Bonchev–Trinajstić information content (AvgIpc) is 2.95. The van der Waals surface area contributed by atoms with Crippen LogP contribution in [-0.4, -0.2) is 24.8 Å². The Hall–Kier alpha value is -2.35. The highest BCUT2D eigenvalue weighted by Gasteiger charge is 2.19. The number of rotatable bonds is 3. The second kappa shape index (κ2) is 5.21. The van der Waals surface area contributed by atoms with Crippen molar-refractivity contribution in [3.05, 3.63) is 65.4 Å². The van der Waals surface area contributed by atoms with E-state index in [-0.39, 0.29) is 5.78 Å². The highest BCUT2D eigenvalue weighted by molar-refractivity contribution is 6.11. The van der Waals surface area contributed by atoms with Crippen LogP contribution in [0, 0.1) is 0 Å². The van der Waals surface area contributed by atoms with Crippen LogP contribution in [0.3, 0.4) is 0 Å². The van der Waals surface area contributed by atoms with Crippen LogP contribution in [0.2, 0.25) is 0 Å². The third-order valence-electron chi connectivity index (χ3n) is 3.99. The number of carbonyl (C=O) groups excluding carboxylic acids is 1. The molecule has 2 heteroatoms. The summed E-state index contributed by atoms with van der Waals surface area (Å²) >= 11 is 0. The molecule has 0 amide bonds. The lowest BCUT2D eigenvalue weighted by atomic mass is 9.91. The number of carbonyl (C=O) groups is 1. The number of nitrogens with zero attached hydrogens (tertiary/aromatic N) is 1. The predicted octanol–water partition coefficient (Wildman–Crippen LogP) is 4.28. The molecule has 106 valence electrons.